The Balaban J connectivity index is 2.19. The zero-order valence-corrected chi connectivity index (χ0v) is 11.8. The van der Waals surface area contributed by atoms with Crippen LogP contribution in [-0.4, -0.2) is 14.8 Å². The molecule has 0 amide bonds. The van der Waals surface area contributed by atoms with Gasteiger partial charge in [0.15, 0.2) is 11.6 Å². The Hall–Kier alpha value is -2.40. The summed E-state index contributed by atoms with van der Waals surface area (Å²) in [6.07, 6.45) is 0. The molecule has 2 aromatic carbocycles. The van der Waals surface area contributed by atoms with Gasteiger partial charge in [-0.05, 0) is 42.5 Å². The molecule has 6 heteroatoms. The van der Waals surface area contributed by atoms with Crippen molar-refractivity contribution >= 4 is 17.3 Å². The van der Waals surface area contributed by atoms with E-state index >= 15 is 0 Å². The highest BCUT2D eigenvalue weighted by atomic mass is 35.5. The minimum atomic E-state index is -0.329. The maximum Gasteiger partial charge on any atom is 0.168 e. The summed E-state index contributed by atoms with van der Waals surface area (Å²) in [5, 5.41) is 8.22. The third kappa shape index (κ3) is 2.60. The molecule has 3 aromatic rings. The summed E-state index contributed by atoms with van der Waals surface area (Å²) in [6, 6.07) is 13.5. The Kier molecular flexibility index (Phi) is 3.58. The quantitative estimate of drug-likeness (QED) is 0.596. The molecule has 1 aromatic heterocycles. The van der Waals surface area contributed by atoms with Gasteiger partial charge in [-0.1, -0.05) is 6.07 Å². The van der Waals surface area contributed by atoms with Gasteiger partial charge in [0, 0.05) is 11.3 Å². The summed E-state index contributed by atoms with van der Waals surface area (Å²) in [7, 11) is 0. The van der Waals surface area contributed by atoms with E-state index in [4.69, 9.17) is 17.3 Å². The van der Waals surface area contributed by atoms with Crippen LogP contribution in [0.3, 0.4) is 0 Å². The van der Waals surface area contributed by atoms with E-state index in [2.05, 4.69) is 10.2 Å². The molecule has 0 aliphatic rings. The standard InChI is InChI=1S/C15H12ClFN4/c16-9-14-19-20-15(10-4-6-12(18)7-5-10)21(14)13-3-1-2-11(17)8-13/h1-8H,9,18H2. The Morgan fingerprint density at radius 2 is 1.86 bits per heavy atom. The summed E-state index contributed by atoms with van der Waals surface area (Å²) >= 11 is 5.91. The van der Waals surface area contributed by atoms with Gasteiger partial charge in [-0.25, -0.2) is 4.39 Å². The minimum absolute atomic E-state index is 0.179. The molecule has 0 unspecified atom stereocenters. The fraction of sp³-hybridized carbons (Fsp3) is 0.0667. The van der Waals surface area contributed by atoms with Crippen molar-refractivity contribution in [3.63, 3.8) is 0 Å². The Labute approximate surface area is 126 Å². The number of nitrogens with zero attached hydrogens (tertiary/aromatic N) is 3. The Bertz CT molecular complexity index is 768. The van der Waals surface area contributed by atoms with Gasteiger partial charge in [-0.3, -0.25) is 4.57 Å². The van der Waals surface area contributed by atoms with Crippen molar-refractivity contribution in [2.45, 2.75) is 5.88 Å². The van der Waals surface area contributed by atoms with Gasteiger partial charge >= 0.3 is 0 Å². The first-order chi connectivity index (χ1) is 10.2. The monoisotopic (exact) mass is 302 g/mol. The molecule has 0 aliphatic carbocycles. The normalized spacial score (nSPS) is 10.8. The van der Waals surface area contributed by atoms with Gasteiger partial charge in [-0.2, -0.15) is 0 Å². The largest absolute Gasteiger partial charge is 0.399 e. The second-order valence-electron chi connectivity index (χ2n) is 4.51. The molecule has 0 saturated carbocycles. The van der Waals surface area contributed by atoms with Gasteiger partial charge in [0.2, 0.25) is 0 Å². The molecule has 0 bridgehead atoms. The molecule has 4 nitrogen and oxygen atoms in total. The number of hydrogen-bond donors (Lipinski definition) is 1. The number of nitrogens with two attached hydrogens (primary N) is 1. The van der Waals surface area contributed by atoms with Crippen molar-refractivity contribution in [2.24, 2.45) is 0 Å². The van der Waals surface area contributed by atoms with Crippen molar-refractivity contribution in [1.82, 2.24) is 14.8 Å². The van der Waals surface area contributed by atoms with Gasteiger partial charge in [0.25, 0.3) is 0 Å². The second kappa shape index (κ2) is 5.54. The maximum atomic E-state index is 13.5. The van der Waals surface area contributed by atoms with E-state index in [0.717, 1.165) is 5.56 Å². The molecular weight excluding hydrogens is 291 g/mol. The van der Waals surface area contributed by atoms with E-state index < -0.39 is 0 Å². The first kappa shape index (κ1) is 13.6. The zero-order chi connectivity index (χ0) is 14.8. The lowest BCUT2D eigenvalue weighted by molar-refractivity contribution is 0.626. The summed E-state index contributed by atoms with van der Waals surface area (Å²) in [5.41, 5.74) is 7.81. The SMILES string of the molecule is Nc1ccc(-c2nnc(CCl)n2-c2cccc(F)c2)cc1. The summed E-state index contributed by atoms with van der Waals surface area (Å²) in [4.78, 5) is 0. The Morgan fingerprint density at radius 3 is 2.52 bits per heavy atom. The molecule has 0 radical (unpaired) electrons. The molecule has 0 spiro atoms. The van der Waals surface area contributed by atoms with Crippen LogP contribution in [0, 0.1) is 5.82 Å². The van der Waals surface area contributed by atoms with Crippen LogP contribution in [0.2, 0.25) is 0 Å². The number of benzene rings is 2. The molecular formula is C15H12ClFN4. The second-order valence-corrected chi connectivity index (χ2v) is 4.78. The van der Waals surface area contributed by atoms with Crippen molar-refractivity contribution in [1.29, 1.82) is 0 Å². The third-order valence-corrected chi connectivity index (χ3v) is 3.32. The highest BCUT2D eigenvalue weighted by Gasteiger charge is 2.15. The van der Waals surface area contributed by atoms with E-state index in [1.807, 2.05) is 12.1 Å². The maximum absolute atomic E-state index is 13.5. The van der Waals surface area contributed by atoms with E-state index in [1.165, 1.54) is 12.1 Å². The van der Waals surface area contributed by atoms with Crippen molar-refractivity contribution in [3.05, 3.63) is 60.2 Å². The Morgan fingerprint density at radius 1 is 1.10 bits per heavy atom. The van der Waals surface area contributed by atoms with Crippen LogP contribution in [0.15, 0.2) is 48.5 Å². The number of rotatable bonds is 3. The molecule has 21 heavy (non-hydrogen) atoms. The number of anilines is 1. The average Bonchev–Trinajstić information content (AvgIpc) is 2.92. The van der Waals surface area contributed by atoms with Crippen LogP contribution in [-0.2, 0) is 5.88 Å². The lowest BCUT2D eigenvalue weighted by Gasteiger charge is -2.09. The van der Waals surface area contributed by atoms with Gasteiger partial charge in [0.1, 0.15) is 5.82 Å². The lowest BCUT2D eigenvalue weighted by Crippen LogP contribution is -2.02. The van der Waals surface area contributed by atoms with Crippen LogP contribution in [0.25, 0.3) is 17.1 Å². The number of alkyl halides is 1. The van der Waals surface area contributed by atoms with E-state index in [-0.39, 0.29) is 11.7 Å². The summed E-state index contributed by atoms with van der Waals surface area (Å²) in [6.45, 7) is 0. The average molecular weight is 303 g/mol. The zero-order valence-electron chi connectivity index (χ0n) is 11.0. The smallest absolute Gasteiger partial charge is 0.168 e. The first-order valence-corrected chi connectivity index (χ1v) is 6.84. The molecule has 0 atom stereocenters. The van der Waals surface area contributed by atoms with Crippen LogP contribution in [0.4, 0.5) is 10.1 Å². The van der Waals surface area contributed by atoms with Crippen LogP contribution < -0.4 is 5.73 Å². The summed E-state index contributed by atoms with van der Waals surface area (Å²) in [5.74, 6) is 0.994. The summed E-state index contributed by atoms with van der Waals surface area (Å²) < 4.78 is 15.2. The molecule has 1 heterocycles. The van der Waals surface area contributed by atoms with Crippen molar-refractivity contribution < 1.29 is 4.39 Å². The number of halogens is 2. The number of hydrogen-bond acceptors (Lipinski definition) is 3. The minimum Gasteiger partial charge on any atom is -0.399 e. The fourth-order valence-electron chi connectivity index (χ4n) is 2.11. The highest BCUT2D eigenvalue weighted by molar-refractivity contribution is 6.16. The number of nitrogen functional groups attached to an aromatic ring is 1. The first-order valence-electron chi connectivity index (χ1n) is 6.31. The van der Waals surface area contributed by atoms with E-state index in [9.17, 15) is 4.39 Å². The van der Waals surface area contributed by atoms with Gasteiger partial charge in [-0.15, -0.1) is 21.8 Å². The molecule has 0 fully saturated rings. The molecule has 0 saturated heterocycles. The van der Waals surface area contributed by atoms with Gasteiger partial charge < -0.3 is 5.73 Å². The molecule has 3 rings (SSSR count). The predicted molar refractivity (Wildman–Crippen MR) is 80.7 cm³/mol. The topological polar surface area (TPSA) is 56.7 Å². The molecule has 106 valence electrons. The molecule has 2 N–H and O–H groups in total. The molecule has 0 aliphatic heterocycles. The van der Waals surface area contributed by atoms with Crippen LogP contribution in [0.5, 0.6) is 0 Å². The van der Waals surface area contributed by atoms with E-state index in [1.54, 1.807) is 28.8 Å². The third-order valence-electron chi connectivity index (χ3n) is 3.08. The number of aromatic nitrogens is 3. The fourth-order valence-corrected chi connectivity index (χ4v) is 2.28. The van der Waals surface area contributed by atoms with Gasteiger partial charge in [0.05, 0.1) is 11.6 Å². The van der Waals surface area contributed by atoms with Crippen LogP contribution in [0.1, 0.15) is 5.82 Å². The highest BCUT2D eigenvalue weighted by Crippen LogP contribution is 2.24. The van der Waals surface area contributed by atoms with Crippen LogP contribution >= 0.6 is 11.6 Å². The van der Waals surface area contributed by atoms with Crippen molar-refractivity contribution in [3.8, 4) is 17.1 Å². The van der Waals surface area contributed by atoms with E-state index in [0.29, 0.717) is 23.0 Å². The predicted octanol–water partition coefficient (Wildman–Crippen LogP) is 3.39. The van der Waals surface area contributed by atoms with Crippen molar-refractivity contribution in [2.75, 3.05) is 5.73 Å². The lowest BCUT2D eigenvalue weighted by atomic mass is 10.2.